The van der Waals surface area contributed by atoms with E-state index in [2.05, 4.69) is 15.9 Å². The van der Waals surface area contributed by atoms with Crippen molar-refractivity contribution in [2.24, 2.45) is 0 Å². The zero-order chi connectivity index (χ0) is 26.6. The van der Waals surface area contributed by atoms with Gasteiger partial charge in [0.05, 0.1) is 30.1 Å². The highest BCUT2D eigenvalue weighted by molar-refractivity contribution is 9.10. The van der Waals surface area contributed by atoms with Crippen LogP contribution in [0.5, 0.6) is 0 Å². The van der Waals surface area contributed by atoms with Crippen LogP contribution in [-0.4, -0.2) is 43.1 Å². The molecule has 8 nitrogen and oxygen atoms in total. The molecule has 0 saturated carbocycles. The Hall–Kier alpha value is -2.57. The third-order valence-electron chi connectivity index (χ3n) is 5.49. The van der Waals surface area contributed by atoms with Crippen molar-refractivity contribution < 1.29 is 34.7 Å². The number of methoxy groups -OCH3 is 1. The van der Waals surface area contributed by atoms with E-state index >= 15 is 0 Å². The summed E-state index contributed by atoms with van der Waals surface area (Å²) < 4.78 is 67.8. The molecule has 0 aromatic heterocycles. The third-order valence-corrected chi connectivity index (χ3v) is 8.54. The number of hydrogen-bond donors (Lipinski definition) is 0. The first-order valence-electron chi connectivity index (χ1n) is 10.7. The summed E-state index contributed by atoms with van der Waals surface area (Å²) in [5.41, 5.74) is -0.000936. The standard InChI is InChI=1S/C25H25BrO8S2/c1-18-7-11-22(12-8-18)35(28,29)33-16-25(24(27)32-3,20-5-4-6-21(26)15-20)17-34-36(30,31)23-13-9-19(2)10-14-23/h4-15H,16-17H2,1-3H3. The highest BCUT2D eigenvalue weighted by Crippen LogP contribution is 2.32. The Morgan fingerprint density at radius 2 is 1.22 bits per heavy atom. The molecule has 192 valence electrons. The molecule has 11 heteroatoms. The highest BCUT2D eigenvalue weighted by atomic mass is 79.9. The minimum absolute atomic E-state index is 0.116. The highest BCUT2D eigenvalue weighted by Gasteiger charge is 2.45. The third kappa shape index (κ3) is 6.40. The van der Waals surface area contributed by atoms with Gasteiger partial charge < -0.3 is 4.74 Å². The second-order valence-electron chi connectivity index (χ2n) is 8.14. The molecule has 0 spiro atoms. The number of rotatable bonds is 10. The Labute approximate surface area is 219 Å². The smallest absolute Gasteiger partial charge is 0.321 e. The molecule has 3 rings (SSSR count). The van der Waals surface area contributed by atoms with Gasteiger partial charge in [0.2, 0.25) is 0 Å². The van der Waals surface area contributed by atoms with Crippen LogP contribution in [0.1, 0.15) is 16.7 Å². The van der Waals surface area contributed by atoms with Crippen LogP contribution in [0.25, 0.3) is 0 Å². The van der Waals surface area contributed by atoms with E-state index < -0.39 is 44.8 Å². The predicted molar refractivity (Wildman–Crippen MR) is 136 cm³/mol. The van der Waals surface area contributed by atoms with Crippen LogP contribution < -0.4 is 0 Å². The predicted octanol–water partition coefficient (Wildman–Crippen LogP) is 4.29. The summed E-state index contributed by atoms with van der Waals surface area (Å²) in [6.07, 6.45) is 0. The van der Waals surface area contributed by atoms with E-state index in [0.717, 1.165) is 18.2 Å². The first-order valence-corrected chi connectivity index (χ1v) is 14.3. The van der Waals surface area contributed by atoms with E-state index in [4.69, 9.17) is 13.1 Å². The summed E-state index contributed by atoms with van der Waals surface area (Å²) in [5, 5.41) is 0. The van der Waals surface area contributed by atoms with Crippen molar-refractivity contribution in [3.05, 3.63) is 94.0 Å². The molecule has 3 aromatic carbocycles. The molecular weight excluding hydrogens is 572 g/mol. The maximum atomic E-state index is 13.2. The Morgan fingerprint density at radius 1 is 0.778 bits per heavy atom. The Kier molecular flexibility index (Phi) is 8.73. The van der Waals surface area contributed by atoms with E-state index in [1.165, 1.54) is 30.3 Å². The van der Waals surface area contributed by atoms with Crippen LogP contribution in [0.2, 0.25) is 0 Å². The van der Waals surface area contributed by atoms with Gasteiger partial charge in [-0.3, -0.25) is 13.2 Å². The van der Waals surface area contributed by atoms with Gasteiger partial charge in [-0.2, -0.15) is 16.8 Å². The Morgan fingerprint density at radius 3 is 1.61 bits per heavy atom. The van der Waals surface area contributed by atoms with Gasteiger partial charge in [-0.15, -0.1) is 0 Å². The van der Waals surface area contributed by atoms with Crippen molar-refractivity contribution in [3.8, 4) is 0 Å². The number of halogens is 1. The molecule has 0 aliphatic carbocycles. The van der Waals surface area contributed by atoms with Gasteiger partial charge in [0.25, 0.3) is 20.2 Å². The molecule has 3 aromatic rings. The number of hydrogen-bond acceptors (Lipinski definition) is 8. The van der Waals surface area contributed by atoms with Crippen molar-refractivity contribution in [1.29, 1.82) is 0 Å². The number of ether oxygens (including phenoxy) is 1. The molecule has 0 unspecified atom stereocenters. The van der Waals surface area contributed by atoms with E-state index in [1.54, 1.807) is 56.3 Å². The van der Waals surface area contributed by atoms with E-state index in [-0.39, 0.29) is 15.4 Å². The number of benzene rings is 3. The van der Waals surface area contributed by atoms with Crippen LogP contribution in [0.4, 0.5) is 0 Å². The molecule has 36 heavy (non-hydrogen) atoms. The Bertz CT molecular complexity index is 1350. The topological polar surface area (TPSA) is 113 Å². The van der Waals surface area contributed by atoms with Crippen LogP contribution in [0.15, 0.2) is 87.1 Å². The molecule has 0 heterocycles. The van der Waals surface area contributed by atoms with Gasteiger partial charge in [-0.25, -0.2) is 0 Å². The first kappa shape index (κ1) is 28.0. The summed E-state index contributed by atoms with van der Waals surface area (Å²) in [7, 11) is -7.50. The lowest BCUT2D eigenvalue weighted by atomic mass is 9.82. The molecular formula is C25H25BrO8S2. The lowest BCUT2D eigenvalue weighted by Gasteiger charge is -2.30. The molecule has 0 N–H and O–H groups in total. The van der Waals surface area contributed by atoms with Crippen molar-refractivity contribution in [2.75, 3.05) is 20.3 Å². The molecule has 0 radical (unpaired) electrons. The fourth-order valence-corrected chi connectivity index (χ4v) is 5.65. The van der Waals surface area contributed by atoms with Crippen LogP contribution >= 0.6 is 15.9 Å². The molecule has 0 aliphatic heterocycles. The van der Waals surface area contributed by atoms with Crippen LogP contribution in [-0.2, 0) is 43.5 Å². The number of carbonyl (C=O) groups is 1. The van der Waals surface area contributed by atoms with Gasteiger partial charge in [0.15, 0.2) is 0 Å². The maximum Gasteiger partial charge on any atom is 0.321 e. The average Bonchev–Trinajstić information content (AvgIpc) is 2.84. The molecule has 0 fully saturated rings. The zero-order valence-corrected chi connectivity index (χ0v) is 23.0. The fourth-order valence-electron chi connectivity index (χ4n) is 3.33. The lowest BCUT2D eigenvalue weighted by Crippen LogP contribution is -2.46. The minimum Gasteiger partial charge on any atom is -0.468 e. The average molecular weight is 598 g/mol. The van der Waals surface area contributed by atoms with Crippen molar-refractivity contribution >= 4 is 42.1 Å². The molecule has 0 amide bonds. The van der Waals surface area contributed by atoms with Gasteiger partial charge in [-0.05, 0) is 55.8 Å². The number of aryl methyl sites for hydroxylation is 2. The van der Waals surface area contributed by atoms with Crippen molar-refractivity contribution in [1.82, 2.24) is 0 Å². The SMILES string of the molecule is COC(=O)C(COS(=O)(=O)c1ccc(C)cc1)(COS(=O)(=O)c1ccc(C)cc1)c1cccc(Br)c1. The molecule has 0 saturated heterocycles. The fraction of sp³-hybridized carbons (Fsp3) is 0.240. The maximum absolute atomic E-state index is 13.2. The Balaban J connectivity index is 2.02. The van der Waals surface area contributed by atoms with E-state index in [9.17, 15) is 21.6 Å². The summed E-state index contributed by atoms with van der Waals surface area (Å²) >= 11 is 3.32. The van der Waals surface area contributed by atoms with Crippen LogP contribution in [0, 0.1) is 13.8 Å². The monoisotopic (exact) mass is 596 g/mol. The van der Waals surface area contributed by atoms with Gasteiger partial charge in [0.1, 0.15) is 5.41 Å². The van der Waals surface area contributed by atoms with Gasteiger partial charge in [0, 0.05) is 4.47 Å². The van der Waals surface area contributed by atoms with E-state index in [0.29, 0.717) is 4.47 Å². The lowest BCUT2D eigenvalue weighted by molar-refractivity contribution is -0.150. The zero-order valence-electron chi connectivity index (χ0n) is 19.8. The molecule has 0 bridgehead atoms. The van der Waals surface area contributed by atoms with Crippen molar-refractivity contribution in [3.63, 3.8) is 0 Å². The summed E-state index contributed by atoms with van der Waals surface area (Å²) in [6.45, 7) is 2.07. The first-order chi connectivity index (χ1) is 16.9. The van der Waals surface area contributed by atoms with Gasteiger partial charge in [-0.1, -0.05) is 63.5 Å². The van der Waals surface area contributed by atoms with E-state index in [1.807, 2.05) is 0 Å². The normalized spacial score (nSPS) is 12.3. The summed E-state index contributed by atoms with van der Waals surface area (Å²) in [5.74, 6) is -0.932. The molecule has 0 aliphatic rings. The number of carbonyl (C=O) groups excluding carboxylic acids is 1. The molecule has 0 atom stereocenters. The second kappa shape index (κ2) is 11.2. The largest absolute Gasteiger partial charge is 0.468 e. The van der Waals surface area contributed by atoms with Crippen molar-refractivity contribution in [2.45, 2.75) is 29.1 Å². The summed E-state index contributed by atoms with van der Waals surface area (Å²) in [4.78, 5) is 12.9. The second-order valence-corrected chi connectivity index (χ2v) is 12.3. The van der Waals surface area contributed by atoms with Gasteiger partial charge >= 0.3 is 5.97 Å². The quantitative estimate of drug-likeness (QED) is 0.251. The number of esters is 1. The van der Waals surface area contributed by atoms with Crippen LogP contribution in [0.3, 0.4) is 0 Å². The minimum atomic E-state index is -4.31. The summed E-state index contributed by atoms with van der Waals surface area (Å²) in [6, 6.07) is 18.3.